The van der Waals surface area contributed by atoms with Gasteiger partial charge in [0.05, 0.1) is 43.2 Å². The summed E-state index contributed by atoms with van der Waals surface area (Å²) in [6.07, 6.45) is 10.8. The third kappa shape index (κ3) is 6.56. The molecule has 0 aromatic rings. The maximum atomic E-state index is 13.3. The molecule has 0 bridgehead atoms. The minimum absolute atomic E-state index is 0.0143. The second-order valence-corrected chi connectivity index (χ2v) is 20.0. The van der Waals surface area contributed by atoms with Crippen molar-refractivity contribution in [3.05, 3.63) is 0 Å². The summed E-state index contributed by atoms with van der Waals surface area (Å²) in [6.45, 7) is 18.7. The van der Waals surface area contributed by atoms with Gasteiger partial charge in [0.25, 0.3) is 0 Å². The van der Waals surface area contributed by atoms with Gasteiger partial charge in [0.15, 0.2) is 6.29 Å². The van der Waals surface area contributed by atoms with Crippen LogP contribution in [0.25, 0.3) is 0 Å². The molecule has 4 saturated carbocycles. The largest absolute Gasteiger partial charge is 0.390 e. The summed E-state index contributed by atoms with van der Waals surface area (Å²) < 4.78 is 19.8. The molecular formula is C42H72N2O7. The fourth-order valence-electron chi connectivity index (χ4n) is 13.7. The van der Waals surface area contributed by atoms with E-state index in [1.165, 1.54) is 12.8 Å². The second kappa shape index (κ2) is 14.0. The van der Waals surface area contributed by atoms with E-state index in [-0.39, 0.29) is 52.0 Å². The first-order valence-corrected chi connectivity index (χ1v) is 21.1. The zero-order chi connectivity index (χ0) is 36.6. The number of carbonyl (C=O) groups excluding carboxylic acids is 1. The predicted octanol–water partition coefficient (Wildman–Crippen LogP) is 5.67. The van der Waals surface area contributed by atoms with Crippen LogP contribution in [0.5, 0.6) is 0 Å². The summed E-state index contributed by atoms with van der Waals surface area (Å²) in [6, 6.07) is 0. The number of piperidine rings is 1. The Morgan fingerprint density at radius 3 is 2.43 bits per heavy atom. The number of hydrogen-bond donors (Lipinski definition) is 4. The number of rotatable bonds is 9. The fourth-order valence-corrected chi connectivity index (χ4v) is 13.7. The Hall–Kier alpha value is -0.810. The summed E-state index contributed by atoms with van der Waals surface area (Å²) >= 11 is 0. The molecule has 292 valence electrons. The van der Waals surface area contributed by atoms with Crippen molar-refractivity contribution in [1.29, 1.82) is 0 Å². The normalized spacial score (nSPS) is 45.6. The molecule has 3 heterocycles. The first-order chi connectivity index (χ1) is 24.1. The SMILES string of the molecule is CC[C@@H]1C([C@H](O)[C@]2(C)CCC[C@@]34CC35CC[C@H](OC3CN(C(=O)CC6CCNCC6)CCO3)C(C)(C)[C@@H]5CCC42)OC([C@H](O)C(C)(C)O)C[C@H]1C. The number of ether oxygens (including phenoxy) is 3. The first kappa shape index (κ1) is 38.5. The Kier molecular flexibility index (Phi) is 10.6. The standard InChI is InChI=1S/C42H72N2O7/c1-8-28-26(2)22-29(36(46)39(5,6)48)50-35(28)37(47)40(7)15-9-16-41-25-42(41)17-12-32(38(3,4)30(42)10-11-31(40)41)51-34-24-44(20-21-49-34)33(45)23-27-13-18-43-19-14-27/h26-32,34-37,43,46-48H,8-25H2,1-7H3/t26-,28+,29?,30+,31?,32+,34?,35?,36+,37+,40-,41+,42?/m1/s1. The highest BCUT2D eigenvalue weighted by atomic mass is 16.7. The monoisotopic (exact) mass is 717 g/mol. The molecule has 7 aliphatic rings. The molecule has 0 aromatic carbocycles. The maximum Gasteiger partial charge on any atom is 0.223 e. The highest BCUT2D eigenvalue weighted by Gasteiger charge is 2.80. The van der Waals surface area contributed by atoms with Crippen LogP contribution >= 0.6 is 0 Å². The van der Waals surface area contributed by atoms with Gasteiger partial charge < -0.3 is 39.7 Å². The van der Waals surface area contributed by atoms with E-state index >= 15 is 0 Å². The van der Waals surface area contributed by atoms with Crippen molar-refractivity contribution >= 4 is 5.91 Å². The molecule has 2 spiro atoms. The third-order valence-corrected chi connectivity index (χ3v) is 16.5. The predicted molar refractivity (Wildman–Crippen MR) is 197 cm³/mol. The van der Waals surface area contributed by atoms with Crippen molar-refractivity contribution < 1.29 is 34.3 Å². The van der Waals surface area contributed by atoms with Gasteiger partial charge in [0, 0.05) is 13.0 Å². The number of morpholine rings is 1. The lowest BCUT2D eigenvalue weighted by Gasteiger charge is -2.61. The molecule has 5 unspecified atom stereocenters. The molecule has 1 amide bonds. The topological polar surface area (TPSA) is 121 Å². The van der Waals surface area contributed by atoms with Crippen LogP contribution < -0.4 is 5.32 Å². The molecule has 4 N–H and O–H groups in total. The van der Waals surface area contributed by atoms with E-state index in [1.807, 2.05) is 4.90 Å². The van der Waals surface area contributed by atoms with Gasteiger partial charge in [-0.3, -0.25) is 4.79 Å². The van der Waals surface area contributed by atoms with Crippen molar-refractivity contribution in [3.8, 4) is 0 Å². The molecule has 0 radical (unpaired) electrons. The third-order valence-electron chi connectivity index (χ3n) is 16.5. The van der Waals surface area contributed by atoms with Crippen molar-refractivity contribution in [3.63, 3.8) is 0 Å². The highest BCUT2D eigenvalue weighted by Crippen LogP contribution is 2.86. The van der Waals surface area contributed by atoms with E-state index in [9.17, 15) is 20.1 Å². The maximum absolute atomic E-state index is 13.3. The Balaban J connectivity index is 1.04. The smallest absolute Gasteiger partial charge is 0.223 e. The summed E-state index contributed by atoms with van der Waals surface area (Å²) in [5, 5.41) is 37.8. The molecule has 4 aliphatic carbocycles. The summed E-state index contributed by atoms with van der Waals surface area (Å²) in [5.41, 5.74) is -1.00. The van der Waals surface area contributed by atoms with Crippen LogP contribution in [0.15, 0.2) is 0 Å². The molecule has 51 heavy (non-hydrogen) atoms. The zero-order valence-corrected chi connectivity index (χ0v) is 33.0. The molecule has 9 nitrogen and oxygen atoms in total. The van der Waals surface area contributed by atoms with Crippen molar-refractivity contribution in [1.82, 2.24) is 10.2 Å². The molecule has 3 saturated heterocycles. The summed E-state index contributed by atoms with van der Waals surface area (Å²) in [4.78, 5) is 15.3. The number of amides is 1. The quantitative estimate of drug-likeness (QED) is 0.241. The summed E-state index contributed by atoms with van der Waals surface area (Å²) in [7, 11) is 0. The average molecular weight is 717 g/mol. The van der Waals surface area contributed by atoms with Gasteiger partial charge in [0.1, 0.15) is 6.10 Å². The van der Waals surface area contributed by atoms with Crippen molar-refractivity contribution in [2.45, 2.75) is 174 Å². The molecular weight excluding hydrogens is 644 g/mol. The number of nitrogens with one attached hydrogen (secondary N) is 1. The minimum atomic E-state index is -1.27. The van der Waals surface area contributed by atoms with E-state index in [0.29, 0.717) is 56.2 Å². The fraction of sp³-hybridized carbons (Fsp3) is 0.976. The van der Waals surface area contributed by atoms with Crippen LogP contribution in [0.1, 0.15) is 132 Å². The Morgan fingerprint density at radius 2 is 1.73 bits per heavy atom. The lowest BCUT2D eigenvalue weighted by molar-refractivity contribution is -0.252. The van der Waals surface area contributed by atoms with Gasteiger partial charge in [-0.1, -0.05) is 47.5 Å². The van der Waals surface area contributed by atoms with Gasteiger partial charge in [-0.05, 0) is 142 Å². The Morgan fingerprint density at radius 1 is 1.02 bits per heavy atom. The molecule has 9 heteroatoms. The molecule has 3 aliphatic heterocycles. The van der Waals surface area contributed by atoms with Crippen LogP contribution in [0.4, 0.5) is 0 Å². The second-order valence-electron chi connectivity index (χ2n) is 20.0. The van der Waals surface area contributed by atoms with Crippen LogP contribution in [0.2, 0.25) is 0 Å². The van der Waals surface area contributed by atoms with Gasteiger partial charge in [0.2, 0.25) is 5.91 Å². The van der Waals surface area contributed by atoms with Gasteiger partial charge in [-0.15, -0.1) is 0 Å². The number of hydrogen-bond acceptors (Lipinski definition) is 8. The summed E-state index contributed by atoms with van der Waals surface area (Å²) in [5.74, 6) is 2.24. The van der Waals surface area contributed by atoms with Crippen LogP contribution in [-0.2, 0) is 19.0 Å². The minimum Gasteiger partial charge on any atom is -0.390 e. The molecule has 0 aromatic heterocycles. The van der Waals surface area contributed by atoms with E-state index < -0.39 is 23.9 Å². The van der Waals surface area contributed by atoms with E-state index in [0.717, 1.165) is 70.9 Å². The van der Waals surface area contributed by atoms with Crippen LogP contribution in [0.3, 0.4) is 0 Å². The number of aliphatic hydroxyl groups is 3. The van der Waals surface area contributed by atoms with Crippen molar-refractivity contribution in [2.24, 2.45) is 51.2 Å². The van der Waals surface area contributed by atoms with Crippen LogP contribution in [0, 0.1) is 51.2 Å². The number of aliphatic hydroxyl groups excluding tert-OH is 2. The van der Waals surface area contributed by atoms with Crippen LogP contribution in [-0.4, -0.2) is 101 Å². The van der Waals surface area contributed by atoms with E-state index in [1.54, 1.807) is 13.8 Å². The zero-order valence-electron chi connectivity index (χ0n) is 33.0. The van der Waals surface area contributed by atoms with E-state index in [2.05, 4.69) is 39.9 Å². The molecule has 7 rings (SSSR count). The van der Waals surface area contributed by atoms with Crippen molar-refractivity contribution in [2.75, 3.05) is 32.8 Å². The Labute approximate surface area is 308 Å². The lowest BCUT2D eigenvalue weighted by atomic mass is 9.45. The van der Waals surface area contributed by atoms with Gasteiger partial charge >= 0.3 is 0 Å². The number of carbonyl (C=O) groups is 1. The highest BCUT2D eigenvalue weighted by molar-refractivity contribution is 5.76. The molecule has 13 atom stereocenters. The van der Waals surface area contributed by atoms with Gasteiger partial charge in [-0.25, -0.2) is 0 Å². The van der Waals surface area contributed by atoms with E-state index in [4.69, 9.17) is 14.2 Å². The Bertz CT molecular complexity index is 1250. The first-order valence-electron chi connectivity index (χ1n) is 21.1. The average Bonchev–Trinajstić information content (AvgIpc) is 3.76. The lowest BCUT2D eigenvalue weighted by Crippen LogP contribution is -2.61. The number of nitrogens with zero attached hydrogens (tertiary/aromatic N) is 1. The van der Waals surface area contributed by atoms with Gasteiger partial charge in [-0.2, -0.15) is 0 Å². The molecule has 7 fully saturated rings.